The molecule has 1 N–H and O–H groups in total. The summed E-state index contributed by atoms with van der Waals surface area (Å²) in [5.74, 6) is -0.328. The first-order valence-corrected chi connectivity index (χ1v) is 9.36. The zero-order valence-electron chi connectivity index (χ0n) is 14.4. The summed E-state index contributed by atoms with van der Waals surface area (Å²) in [5, 5.41) is 2.74. The van der Waals surface area contributed by atoms with Crippen LogP contribution in [0.1, 0.15) is 24.5 Å². The molecule has 1 aromatic carbocycles. The van der Waals surface area contributed by atoms with Crippen LogP contribution in [0.3, 0.4) is 0 Å². The van der Waals surface area contributed by atoms with Gasteiger partial charge in [-0.05, 0) is 50.5 Å². The van der Waals surface area contributed by atoms with Gasteiger partial charge in [0.15, 0.2) is 0 Å². The Hall–Kier alpha value is -1.60. The van der Waals surface area contributed by atoms with Crippen LogP contribution in [0.5, 0.6) is 0 Å². The van der Waals surface area contributed by atoms with E-state index in [1.54, 1.807) is 26.2 Å². The van der Waals surface area contributed by atoms with E-state index in [0.29, 0.717) is 25.3 Å². The van der Waals surface area contributed by atoms with E-state index in [1.807, 2.05) is 19.9 Å². The van der Waals surface area contributed by atoms with Crippen molar-refractivity contribution in [2.45, 2.75) is 33.2 Å². The van der Waals surface area contributed by atoms with E-state index in [-0.39, 0.29) is 5.91 Å². The van der Waals surface area contributed by atoms with Crippen LogP contribution in [0, 0.1) is 13.8 Å². The SMILES string of the molecule is COCCCNC(=O)[C@@H](C)N(c1cc(C)cc(C)c1)S(C)(=O)=O. The third kappa shape index (κ3) is 5.84. The molecule has 0 heterocycles. The predicted molar refractivity (Wildman–Crippen MR) is 92.2 cm³/mol. The minimum absolute atomic E-state index is 0.328. The van der Waals surface area contributed by atoms with E-state index in [0.717, 1.165) is 17.4 Å². The molecule has 1 atom stereocenters. The number of anilines is 1. The highest BCUT2D eigenvalue weighted by Crippen LogP contribution is 2.23. The number of nitrogens with one attached hydrogen (secondary N) is 1. The minimum atomic E-state index is -3.58. The number of hydrogen-bond acceptors (Lipinski definition) is 4. The van der Waals surface area contributed by atoms with E-state index in [1.165, 1.54) is 4.31 Å². The van der Waals surface area contributed by atoms with E-state index >= 15 is 0 Å². The number of rotatable bonds is 8. The number of methoxy groups -OCH3 is 1. The summed E-state index contributed by atoms with van der Waals surface area (Å²) in [7, 11) is -1.99. The molecule has 0 bridgehead atoms. The second-order valence-corrected chi connectivity index (χ2v) is 7.58. The number of ether oxygens (including phenoxy) is 1. The molecule has 7 heteroatoms. The average Bonchev–Trinajstić information content (AvgIpc) is 2.40. The van der Waals surface area contributed by atoms with Crippen LogP contribution in [0.4, 0.5) is 5.69 Å². The standard InChI is InChI=1S/C16H26N2O4S/c1-12-9-13(2)11-15(10-12)18(23(5,20)21)14(3)16(19)17-7-6-8-22-4/h9-11,14H,6-8H2,1-5H3,(H,17,19)/t14-/m1/s1. The maximum Gasteiger partial charge on any atom is 0.243 e. The van der Waals surface area contributed by atoms with Crippen molar-refractivity contribution < 1.29 is 17.9 Å². The Morgan fingerprint density at radius 2 is 1.83 bits per heavy atom. The zero-order chi connectivity index (χ0) is 17.6. The largest absolute Gasteiger partial charge is 0.385 e. The van der Waals surface area contributed by atoms with Gasteiger partial charge >= 0.3 is 0 Å². The van der Waals surface area contributed by atoms with Crippen molar-refractivity contribution in [3.63, 3.8) is 0 Å². The summed E-state index contributed by atoms with van der Waals surface area (Å²) < 4.78 is 30.5. The van der Waals surface area contributed by atoms with Gasteiger partial charge in [0.2, 0.25) is 15.9 Å². The molecule has 130 valence electrons. The summed E-state index contributed by atoms with van der Waals surface area (Å²) in [6, 6.07) is 4.67. The Bertz CT molecular complexity index is 623. The van der Waals surface area contributed by atoms with Crippen molar-refractivity contribution >= 4 is 21.6 Å². The molecule has 1 aromatic rings. The van der Waals surface area contributed by atoms with E-state index in [4.69, 9.17) is 4.74 Å². The van der Waals surface area contributed by atoms with Gasteiger partial charge < -0.3 is 10.1 Å². The molecule has 0 radical (unpaired) electrons. The van der Waals surface area contributed by atoms with Gasteiger partial charge in [0.05, 0.1) is 11.9 Å². The molecule has 1 rings (SSSR count). The van der Waals surface area contributed by atoms with Crippen LogP contribution >= 0.6 is 0 Å². The van der Waals surface area contributed by atoms with Crippen molar-refractivity contribution in [1.29, 1.82) is 0 Å². The summed E-state index contributed by atoms with van der Waals surface area (Å²) in [6.07, 6.45) is 1.79. The van der Waals surface area contributed by atoms with Gasteiger partial charge in [-0.15, -0.1) is 0 Å². The highest BCUT2D eigenvalue weighted by Gasteiger charge is 2.29. The van der Waals surface area contributed by atoms with Gasteiger partial charge in [0.1, 0.15) is 6.04 Å². The van der Waals surface area contributed by atoms with Crippen molar-refractivity contribution in [3.05, 3.63) is 29.3 Å². The number of nitrogens with zero attached hydrogens (tertiary/aromatic N) is 1. The third-order valence-corrected chi connectivity index (χ3v) is 4.62. The van der Waals surface area contributed by atoms with Crippen molar-refractivity contribution in [2.75, 3.05) is 30.8 Å². The number of benzene rings is 1. The number of hydrogen-bond donors (Lipinski definition) is 1. The lowest BCUT2D eigenvalue weighted by atomic mass is 10.1. The predicted octanol–water partition coefficient (Wildman–Crippen LogP) is 1.61. The van der Waals surface area contributed by atoms with Crippen LogP contribution in [-0.4, -0.2) is 46.9 Å². The van der Waals surface area contributed by atoms with E-state index in [2.05, 4.69) is 5.32 Å². The van der Waals surface area contributed by atoms with E-state index < -0.39 is 16.1 Å². The van der Waals surface area contributed by atoms with Crippen LogP contribution in [0.25, 0.3) is 0 Å². The minimum Gasteiger partial charge on any atom is -0.385 e. The van der Waals surface area contributed by atoms with Crippen LogP contribution < -0.4 is 9.62 Å². The summed E-state index contributed by atoms with van der Waals surface area (Å²) >= 11 is 0. The van der Waals surface area contributed by atoms with Gasteiger partial charge in [-0.1, -0.05) is 6.07 Å². The first kappa shape index (κ1) is 19.4. The van der Waals surface area contributed by atoms with Crippen molar-refractivity contribution in [1.82, 2.24) is 5.32 Å². The molecule has 0 saturated carbocycles. The van der Waals surface area contributed by atoms with Gasteiger partial charge in [0, 0.05) is 20.3 Å². The molecular formula is C16H26N2O4S. The summed E-state index contributed by atoms with van der Waals surface area (Å²) in [6.45, 7) is 6.37. The Morgan fingerprint density at radius 1 is 1.26 bits per heavy atom. The van der Waals surface area contributed by atoms with Crippen LogP contribution in [-0.2, 0) is 19.6 Å². The second-order valence-electron chi connectivity index (χ2n) is 5.72. The summed E-state index contributed by atoms with van der Waals surface area (Å²) in [4.78, 5) is 12.3. The number of carbonyl (C=O) groups excluding carboxylic acids is 1. The smallest absolute Gasteiger partial charge is 0.243 e. The second kappa shape index (κ2) is 8.31. The first-order valence-electron chi connectivity index (χ1n) is 7.51. The van der Waals surface area contributed by atoms with Gasteiger partial charge in [-0.2, -0.15) is 0 Å². The first-order chi connectivity index (χ1) is 10.7. The van der Waals surface area contributed by atoms with Crippen LogP contribution in [0.2, 0.25) is 0 Å². The normalized spacial score (nSPS) is 12.7. The lowest BCUT2D eigenvalue weighted by Gasteiger charge is -2.28. The molecule has 23 heavy (non-hydrogen) atoms. The molecule has 0 aliphatic rings. The lowest BCUT2D eigenvalue weighted by molar-refractivity contribution is -0.121. The third-order valence-electron chi connectivity index (χ3n) is 3.37. The summed E-state index contributed by atoms with van der Waals surface area (Å²) in [5.41, 5.74) is 2.40. The molecule has 0 unspecified atom stereocenters. The quantitative estimate of drug-likeness (QED) is 0.728. The molecule has 0 aliphatic heterocycles. The molecular weight excluding hydrogens is 316 g/mol. The van der Waals surface area contributed by atoms with Crippen molar-refractivity contribution in [2.24, 2.45) is 0 Å². The number of amides is 1. The number of sulfonamides is 1. The molecule has 6 nitrogen and oxygen atoms in total. The monoisotopic (exact) mass is 342 g/mol. The molecule has 0 aromatic heterocycles. The Labute approximate surface area is 138 Å². The molecule has 1 amide bonds. The van der Waals surface area contributed by atoms with Crippen LogP contribution in [0.15, 0.2) is 18.2 Å². The van der Waals surface area contributed by atoms with Crippen molar-refractivity contribution in [3.8, 4) is 0 Å². The fourth-order valence-corrected chi connectivity index (χ4v) is 3.62. The van der Waals surface area contributed by atoms with Gasteiger partial charge in [-0.3, -0.25) is 9.10 Å². The fraction of sp³-hybridized carbons (Fsp3) is 0.562. The number of carbonyl (C=O) groups is 1. The molecule has 0 fully saturated rings. The average molecular weight is 342 g/mol. The Balaban J connectivity index is 3.00. The molecule has 0 saturated heterocycles. The lowest BCUT2D eigenvalue weighted by Crippen LogP contribution is -2.48. The zero-order valence-corrected chi connectivity index (χ0v) is 15.2. The van der Waals surface area contributed by atoms with Gasteiger partial charge in [0.25, 0.3) is 0 Å². The molecule has 0 spiro atoms. The van der Waals surface area contributed by atoms with Gasteiger partial charge in [-0.25, -0.2) is 8.42 Å². The fourth-order valence-electron chi connectivity index (χ4n) is 2.46. The number of aryl methyl sites for hydroxylation is 2. The topological polar surface area (TPSA) is 75.7 Å². The highest BCUT2D eigenvalue weighted by atomic mass is 32.2. The Morgan fingerprint density at radius 3 is 2.30 bits per heavy atom. The maximum absolute atomic E-state index is 12.3. The van der Waals surface area contributed by atoms with E-state index in [9.17, 15) is 13.2 Å². The Kier molecular flexibility index (Phi) is 7.02. The molecule has 0 aliphatic carbocycles. The maximum atomic E-state index is 12.3. The highest BCUT2D eigenvalue weighted by molar-refractivity contribution is 7.92.